The van der Waals surface area contributed by atoms with Crippen LogP contribution in [-0.4, -0.2) is 0 Å². The molecule has 0 rings (SSSR count). The van der Waals surface area contributed by atoms with E-state index in [2.05, 4.69) is 217 Å². The van der Waals surface area contributed by atoms with Gasteiger partial charge in [0, 0.05) is 141 Å². The molecule has 0 heterocycles. The van der Waals surface area contributed by atoms with Crippen molar-refractivity contribution in [3.05, 3.63) is 0 Å². The molecule has 0 fully saturated rings. The van der Waals surface area contributed by atoms with Crippen LogP contribution in [0.2, 0.25) is 0 Å². The van der Waals surface area contributed by atoms with Gasteiger partial charge < -0.3 is 0 Å². The van der Waals surface area contributed by atoms with Crippen LogP contribution in [0, 0.1) is 223 Å². The van der Waals surface area contributed by atoms with Gasteiger partial charge in [-0.05, 0) is 98.7 Å². The average molecular weight is 584 g/mol. The van der Waals surface area contributed by atoms with Gasteiger partial charge in [-0.1, -0.05) is 0 Å². The number of rotatable bonds is 0. The zero-order valence-electron chi connectivity index (χ0n) is 19.5. The van der Waals surface area contributed by atoms with E-state index >= 15 is 0 Å². The highest BCUT2D eigenvalue weighted by Gasteiger charge is 1.60. The molecule has 0 N–H and O–H groups in total. The molecular weight excluding hydrogens is 583 g/mol. The summed E-state index contributed by atoms with van der Waals surface area (Å²) in [5.74, 6) is 89.2. The van der Waals surface area contributed by atoms with Crippen LogP contribution in [0.1, 0.15) is 0 Å². The first-order chi connectivity index (χ1) is 19.4. The van der Waals surface area contributed by atoms with E-state index in [-0.39, 0.29) is 0 Å². The van der Waals surface area contributed by atoms with Gasteiger partial charge in [-0.15, -0.1) is 6.42 Å². The van der Waals surface area contributed by atoms with E-state index in [1.165, 1.54) is 0 Å². The van der Waals surface area contributed by atoms with Gasteiger partial charge in [-0.3, -0.25) is 0 Å². The molecule has 0 nitrogen and oxygen atoms in total. The molecule has 39 heavy (non-hydrogen) atoms. The van der Waals surface area contributed by atoms with E-state index in [4.69, 9.17) is 6.42 Å². The second kappa shape index (κ2) is 30.4. The number of halogens is 1. The van der Waals surface area contributed by atoms with Crippen molar-refractivity contribution in [2.45, 2.75) is 0 Å². The third kappa shape index (κ3) is 30.4. The Morgan fingerprint density at radius 1 is 0.205 bits per heavy atom. The summed E-state index contributed by atoms with van der Waals surface area (Å²) in [4.78, 5) is 0. The molecule has 160 valence electrons. The zero-order chi connectivity index (χ0) is 28.2. The van der Waals surface area contributed by atoms with Gasteiger partial charge in [0.05, 0.1) is 0 Å². The Morgan fingerprint density at radius 2 is 0.333 bits per heavy atom. The molecule has 0 bridgehead atoms. The van der Waals surface area contributed by atoms with Gasteiger partial charge in [-0.2, -0.15) is 0 Å². The predicted octanol–water partition coefficient (Wildman–Crippen LogP) is 1.07. The second-order valence-electron chi connectivity index (χ2n) is 4.61. The van der Waals surface area contributed by atoms with Gasteiger partial charge in [0.25, 0.3) is 0 Å². The van der Waals surface area contributed by atoms with Gasteiger partial charge in [0.15, 0.2) is 0 Å². The molecule has 0 atom stereocenters. The van der Waals surface area contributed by atoms with Gasteiger partial charge >= 0.3 is 0 Å². The van der Waals surface area contributed by atoms with Crippen molar-refractivity contribution in [3.8, 4) is 223 Å². The molecule has 0 aromatic rings. The molecule has 0 aromatic carbocycles. The SMILES string of the molecule is C#CC#CC#CC#CC#CC#CC#CC#CC#CC#CC#CC#CC#CC#CC#CC#CC#CC#CC#CI. The molecular formula is C38HI. The quantitative estimate of drug-likeness (QED) is 0.296. The Balaban J connectivity index is 4.52. The van der Waals surface area contributed by atoms with Gasteiger partial charge in [0.2, 0.25) is 0 Å². The smallest absolute Gasteiger partial charge is 0.0192 e. The monoisotopic (exact) mass is 584 g/mol. The Kier molecular flexibility index (Phi) is 24.4. The maximum absolute atomic E-state index is 4.93. The Labute approximate surface area is 244 Å². The fourth-order valence-corrected chi connectivity index (χ4v) is 1.23. The highest BCUT2D eigenvalue weighted by molar-refractivity contribution is 14.1. The topological polar surface area (TPSA) is 0 Å². The molecule has 0 aliphatic heterocycles. The minimum atomic E-state index is 1.88. The third-order valence-corrected chi connectivity index (χ3v) is 2.51. The lowest BCUT2D eigenvalue weighted by atomic mass is 10.4. The molecule has 1 heteroatoms. The van der Waals surface area contributed by atoms with Crippen LogP contribution in [0.3, 0.4) is 0 Å². The summed E-state index contributed by atoms with van der Waals surface area (Å²) in [7, 11) is 0. The van der Waals surface area contributed by atoms with E-state index in [1.807, 2.05) is 22.6 Å². The summed E-state index contributed by atoms with van der Waals surface area (Å²) in [5, 5.41) is 0. The van der Waals surface area contributed by atoms with Crippen molar-refractivity contribution in [1.29, 1.82) is 0 Å². The second-order valence-corrected chi connectivity index (χ2v) is 5.15. The third-order valence-electron chi connectivity index (χ3n) is 2.24. The molecule has 0 aliphatic rings. The standard InChI is InChI=1S/C38HI/c1-2-3-4-5-6-7-8-9-10-11-12-13-14-15-16-17-18-19-20-21-22-23-24-25-26-27-28-29-30-31-32-33-34-35-36-37-38-39/h1H. The maximum Gasteiger partial charge on any atom is 0.0192 e. The molecule has 0 unspecified atom stereocenters. The summed E-state index contributed by atoms with van der Waals surface area (Å²) in [6, 6.07) is 0. The molecule has 0 saturated carbocycles. The predicted molar refractivity (Wildman–Crippen MR) is 163 cm³/mol. The number of hydrogen-bond donors (Lipinski definition) is 0. The fourth-order valence-electron chi connectivity index (χ4n) is 1.09. The van der Waals surface area contributed by atoms with E-state index < -0.39 is 0 Å². The van der Waals surface area contributed by atoms with E-state index in [0.29, 0.717) is 0 Å². The first-order valence-corrected chi connectivity index (χ1v) is 10.6. The first kappa shape index (κ1) is 31.4. The van der Waals surface area contributed by atoms with Crippen LogP contribution in [0.25, 0.3) is 0 Å². The number of terminal acetylenes is 1. The molecule has 0 spiro atoms. The molecule has 0 aliphatic carbocycles. The van der Waals surface area contributed by atoms with Crippen molar-refractivity contribution in [3.63, 3.8) is 0 Å². The summed E-state index contributed by atoms with van der Waals surface area (Å²) >= 11 is 1.88. The molecule has 0 amide bonds. The summed E-state index contributed by atoms with van der Waals surface area (Å²) in [6.07, 6.45) is 4.93. The minimum Gasteiger partial charge on any atom is -0.106 e. The van der Waals surface area contributed by atoms with E-state index in [0.717, 1.165) is 0 Å². The van der Waals surface area contributed by atoms with Crippen molar-refractivity contribution >= 4 is 22.6 Å². The summed E-state index contributed by atoms with van der Waals surface area (Å²) < 4.78 is 2.59. The van der Waals surface area contributed by atoms with E-state index in [1.54, 1.807) is 0 Å². The minimum absolute atomic E-state index is 1.88. The van der Waals surface area contributed by atoms with Crippen LogP contribution in [0.15, 0.2) is 0 Å². The maximum atomic E-state index is 4.93. The molecule has 0 aromatic heterocycles. The van der Waals surface area contributed by atoms with Gasteiger partial charge in [0.1, 0.15) is 0 Å². The summed E-state index contributed by atoms with van der Waals surface area (Å²) in [5.41, 5.74) is 0. The number of hydrogen-bond acceptors (Lipinski definition) is 0. The van der Waals surface area contributed by atoms with Crippen molar-refractivity contribution in [2.24, 2.45) is 0 Å². The normalized spacial score (nSPS) is 3.90. The van der Waals surface area contributed by atoms with Gasteiger partial charge in [-0.25, -0.2) is 0 Å². The lowest BCUT2D eigenvalue weighted by molar-refractivity contribution is 2.32. The lowest BCUT2D eigenvalue weighted by Crippen LogP contribution is -1.57. The zero-order valence-corrected chi connectivity index (χ0v) is 21.6. The van der Waals surface area contributed by atoms with Crippen LogP contribution in [-0.2, 0) is 0 Å². The summed E-state index contributed by atoms with van der Waals surface area (Å²) in [6.45, 7) is 0. The van der Waals surface area contributed by atoms with Crippen LogP contribution < -0.4 is 0 Å². The largest absolute Gasteiger partial charge is 0.106 e. The Bertz CT molecular complexity index is 2220. The molecule has 0 saturated heterocycles. The van der Waals surface area contributed by atoms with Crippen LogP contribution in [0.5, 0.6) is 0 Å². The Hall–Kier alpha value is -7.63. The lowest BCUT2D eigenvalue weighted by Gasteiger charge is -1.57. The highest BCUT2D eigenvalue weighted by atomic mass is 127. The fraction of sp³-hybridized carbons (Fsp3) is 0. The average Bonchev–Trinajstić information content (AvgIpc) is 2.95. The van der Waals surface area contributed by atoms with Crippen molar-refractivity contribution in [2.75, 3.05) is 0 Å². The van der Waals surface area contributed by atoms with Crippen LogP contribution in [0.4, 0.5) is 0 Å². The van der Waals surface area contributed by atoms with Crippen molar-refractivity contribution in [1.82, 2.24) is 0 Å². The van der Waals surface area contributed by atoms with Crippen molar-refractivity contribution < 1.29 is 0 Å². The Morgan fingerprint density at radius 3 is 0.462 bits per heavy atom. The van der Waals surface area contributed by atoms with E-state index in [9.17, 15) is 0 Å². The molecule has 0 radical (unpaired) electrons. The first-order valence-electron chi connectivity index (χ1n) is 9.48. The van der Waals surface area contributed by atoms with Crippen LogP contribution >= 0.6 is 22.6 Å². The highest BCUT2D eigenvalue weighted by Crippen LogP contribution is 1.67.